The van der Waals surface area contributed by atoms with Gasteiger partial charge < -0.3 is 15.0 Å². The average Bonchev–Trinajstić information content (AvgIpc) is 3.02. The molecule has 1 aliphatic carbocycles. The first-order valence-corrected chi connectivity index (χ1v) is 6.81. The minimum atomic E-state index is -1.58. The normalized spacial score (nSPS) is 24.9. The number of hydrogen-bond acceptors (Lipinski definition) is 5. The largest absolute Gasteiger partial charge is 0.369 e. The Morgan fingerprint density at radius 1 is 1.64 bits per heavy atom. The fourth-order valence-corrected chi connectivity index (χ4v) is 2.74. The Labute approximate surface area is 123 Å². The van der Waals surface area contributed by atoms with E-state index >= 15 is 0 Å². The SMILES string of the molecule is CCO[C@]1(CF)C[C@H](n2cnc3c(=O)[nH]c(N)nc32)C=C1F. The van der Waals surface area contributed by atoms with Crippen molar-refractivity contribution in [3.8, 4) is 0 Å². The average molecular weight is 311 g/mol. The number of nitrogens with one attached hydrogen (secondary N) is 1. The summed E-state index contributed by atoms with van der Waals surface area (Å²) in [4.78, 5) is 22.1. The third kappa shape index (κ3) is 2.08. The molecular weight excluding hydrogens is 296 g/mol. The summed E-state index contributed by atoms with van der Waals surface area (Å²) in [5, 5.41) is 0. The van der Waals surface area contributed by atoms with E-state index in [0.717, 1.165) is 0 Å². The van der Waals surface area contributed by atoms with Crippen LogP contribution in [0.25, 0.3) is 11.2 Å². The van der Waals surface area contributed by atoms with E-state index in [9.17, 15) is 13.6 Å². The van der Waals surface area contributed by atoms with Crippen molar-refractivity contribution in [1.29, 1.82) is 0 Å². The first-order chi connectivity index (χ1) is 10.5. The Bertz CT molecular complexity index is 799. The number of anilines is 1. The van der Waals surface area contributed by atoms with E-state index in [1.807, 2.05) is 0 Å². The predicted molar refractivity (Wildman–Crippen MR) is 75.7 cm³/mol. The summed E-state index contributed by atoms with van der Waals surface area (Å²) < 4.78 is 34.3. The molecule has 0 saturated carbocycles. The van der Waals surface area contributed by atoms with Gasteiger partial charge in [-0.15, -0.1) is 0 Å². The maximum Gasteiger partial charge on any atom is 0.280 e. The van der Waals surface area contributed by atoms with E-state index in [-0.39, 0.29) is 30.1 Å². The number of nitrogens with zero attached hydrogens (tertiary/aromatic N) is 3. The number of halogens is 2. The fourth-order valence-electron chi connectivity index (χ4n) is 2.74. The Morgan fingerprint density at radius 2 is 2.41 bits per heavy atom. The number of rotatable bonds is 4. The molecule has 0 saturated heterocycles. The van der Waals surface area contributed by atoms with Crippen molar-refractivity contribution >= 4 is 17.1 Å². The molecule has 0 amide bonds. The molecule has 118 valence electrons. The summed E-state index contributed by atoms with van der Waals surface area (Å²) in [6, 6.07) is -0.555. The highest BCUT2D eigenvalue weighted by molar-refractivity contribution is 5.70. The van der Waals surface area contributed by atoms with Crippen LogP contribution in [0, 0.1) is 0 Å². The zero-order valence-electron chi connectivity index (χ0n) is 11.8. The van der Waals surface area contributed by atoms with E-state index in [2.05, 4.69) is 15.0 Å². The van der Waals surface area contributed by atoms with Crippen molar-refractivity contribution in [3.63, 3.8) is 0 Å². The van der Waals surface area contributed by atoms with Gasteiger partial charge in [0.25, 0.3) is 5.56 Å². The number of allylic oxidation sites excluding steroid dienone is 1. The highest BCUT2D eigenvalue weighted by Gasteiger charge is 2.44. The molecule has 0 spiro atoms. The van der Waals surface area contributed by atoms with Crippen LogP contribution in [0.4, 0.5) is 14.7 Å². The Kier molecular flexibility index (Phi) is 3.44. The van der Waals surface area contributed by atoms with Crippen molar-refractivity contribution in [2.45, 2.75) is 25.0 Å². The number of aromatic nitrogens is 4. The summed E-state index contributed by atoms with van der Waals surface area (Å²) in [6.07, 6.45) is 2.68. The molecule has 0 aromatic carbocycles. The molecule has 2 aromatic heterocycles. The molecule has 0 bridgehead atoms. The second-order valence-corrected chi connectivity index (χ2v) is 5.12. The quantitative estimate of drug-likeness (QED) is 0.885. The standard InChI is InChI=1S/C13H15F2N5O2/c1-2-22-13(5-14)4-7(3-8(13)15)20-6-17-9-10(20)18-12(16)19-11(9)21/h3,6-7H,2,4-5H2,1H3,(H3,16,18,19,21)/t7-,13+/m1/s1. The van der Waals surface area contributed by atoms with E-state index in [0.29, 0.717) is 0 Å². The highest BCUT2D eigenvalue weighted by Crippen LogP contribution is 2.41. The van der Waals surface area contributed by atoms with Gasteiger partial charge in [-0.2, -0.15) is 4.98 Å². The summed E-state index contributed by atoms with van der Waals surface area (Å²) in [5.74, 6) is -0.732. The van der Waals surface area contributed by atoms with Crippen LogP contribution in [-0.2, 0) is 4.74 Å². The molecule has 2 heterocycles. The maximum absolute atomic E-state index is 14.2. The van der Waals surface area contributed by atoms with Gasteiger partial charge in [0, 0.05) is 13.0 Å². The van der Waals surface area contributed by atoms with Gasteiger partial charge in [0.15, 0.2) is 11.2 Å². The van der Waals surface area contributed by atoms with Gasteiger partial charge in [-0.1, -0.05) is 0 Å². The first kappa shape index (κ1) is 14.6. The van der Waals surface area contributed by atoms with Crippen LogP contribution in [-0.4, -0.2) is 38.4 Å². The maximum atomic E-state index is 14.2. The Hall–Kier alpha value is -2.29. The van der Waals surface area contributed by atoms with E-state index in [1.165, 1.54) is 17.0 Å². The lowest BCUT2D eigenvalue weighted by molar-refractivity contribution is -0.0433. The van der Waals surface area contributed by atoms with Gasteiger partial charge in [-0.25, -0.2) is 13.8 Å². The summed E-state index contributed by atoms with van der Waals surface area (Å²) in [5.41, 5.74) is 3.78. The number of hydrogen-bond donors (Lipinski definition) is 2. The molecule has 2 aromatic rings. The minimum Gasteiger partial charge on any atom is -0.369 e. The van der Waals surface area contributed by atoms with Crippen LogP contribution < -0.4 is 11.3 Å². The van der Waals surface area contributed by atoms with Crippen LogP contribution in [0.2, 0.25) is 0 Å². The first-order valence-electron chi connectivity index (χ1n) is 6.81. The van der Waals surface area contributed by atoms with Crippen LogP contribution in [0.1, 0.15) is 19.4 Å². The third-order valence-corrected chi connectivity index (χ3v) is 3.76. The number of aromatic amines is 1. The smallest absolute Gasteiger partial charge is 0.280 e. The summed E-state index contributed by atoms with van der Waals surface area (Å²) in [6.45, 7) is 0.891. The Morgan fingerprint density at radius 3 is 3.09 bits per heavy atom. The lowest BCUT2D eigenvalue weighted by atomic mass is 10.0. The zero-order chi connectivity index (χ0) is 15.9. The summed E-state index contributed by atoms with van der Waals surface area (Å²) >= 11 is 0. The molecule has 2 atom stereocenters. The van der Waals surface area contributed by atoms with Crippen LogP contribution in [0.5, 0.6) is 0 Å². The molecule has 22 heavy (non-hydrogen) atoms. The van der Waals surface area contributed by atoms with Gasteiger partial charge >= 0.3 is 0 Å². The highest BCUT2D eigenvalue weighted by atomic mass is 19.1. The molecule has 9 heteroatoms. The second-order valence-electron chi connectivity index (χ2n) is 5.12. The van der Waals surface area contributed by atoms with Gasteiger partial charge in [0.2, 0.25) is 5.95 Å². The van der Waals surface area contributed by atoms with Gasteiger partial charge in [-0.3, -0.25) is 9.78 Å². The van der Waals surface area contributed by atoms with Gasteiger partial charge in [0.05, 0.1) is 12.4 Å². The van der Waals surface area contributed by atoms with Crippen molar-refractivity contribution in [2.24, 2.45) is 0 Å². The van der Waals surface area contributed by atoms with Crippen LogP contribution in [0.3, 0.4) is 0 Å². The second kappa shape index (κ2) is 5.16. The molecule has 0 radical (unpaired) electrons. The van der Waals surface area contributed by atoms with Crippen molar-refractivity contribution in [1.82, 2.24) is 19.5 Å². The number of nitrogen functional groups attached to an aromatic ring is 1. The van der Waals surface area contributed by atoms with Crippen LogP contribution >= 0.6 is 0 Å². The molecule has 0 unspecified atom stereocenters. The van der Waals surface area contributed by atoms with Gasteiger partial charge in [-0.05, 0) is 13.0 Å². The zero-order valence-corrected chi connectivity index (χ0v) is 11.8. The monoisotopic (exact) mass is 311 g/mol. The van der Waals surface area contributed by atoms with E-state index in [4.69, 9.17) is 10.5 Å². The molecule has 1 aliphatic rings. The molecule has 7 nitrogen and oxygen atoms in total. The summed E-state index contributed by atoms with van der Waals surface area (Å²) in [7, 11) is 0. The van der Waals surface area contributed by atoms with E-state index in [1.54, 1.807) is 6.92 Å². The van der Waals surface area contributed by atoms with Gasteiger partial charge in [0.1, 0.15) is 18.1 Å². The van der Waals surface area contributed by atoms with Crippen LogP contribution in [0.15, 0.2) is 23.0 Å². The lowest BCUT2D eigenvalue weighted by Crippen LogP contribution is -2.34. The Balaban J connectivity index is 2.05. The molecule has 3 N–H and O–H groups in total. The van der Waals surface area contributed by atoms with Crippen molar-refractivity contribution in [2.75, 3.05) is 19.0 Å². The molecular formula is C13H15F2N5O2. The predicted octanol–water partition coefficient (Wildman–Crippen LogP) is 1.24. The van der Waals surface area contributed by atoms with Crippen molar-refractivity contribution in [3.05, 3.63) is 28.6 Å². The fraction of sp³-hybridized carbons (Fsp3) is 0.462. The number of H-pyrrole nitrogens is 1. The molecule has 0 aliphatic heterocycles. The topological polar surface area (TPSA) is 98.8 Å². The third-order valence-electron chi connectivity index (χ3n) is 3.76. The minimum absolute atomic E-state index is 0.0585. The molecule has 3 rings (SSSR count). The van der Waals surface area contributed by atoms with Crippen molar-refractivity contribution < 1.29 is 13.5 Å². The number of ether oxygens (including phenoxy) is 1. The number of fused-ring (bicyclic) bond motifs is 1. The number of imidazole rings is 1. The van der Waals surface area contributed by atoms with E-state index < -0.39 is 29.7 Å². The number of nitrogens with two attached hydrogens (primary N) is 1. The lowest BCUT2D eigenvalue weighted by Gasteiger charge is -2.26. The molecule has 0 fully saturated rings. The number of alkyl halides is 1.